The summed E-state index contributed by atoms with van der Waals surface area (Å²) in [6.07, 6.45) is 7.53. The van der Waals surface area contributed by atoms with E-state index in [9.17, 15) is 19.8 Å². The van der Waals surface area contributed by atoms with Crippen molar-refractivity contribution in [1.29, 1.82) is 0 Å². The number of rotatable bonds is 8. The Hall–Kier alpha value is -2.82. The van der Waals surface area contributed by atoms with E-state index in [4.69, 9.17) is 0 Å². The second-order valence-corrected chi connectivity index (χ2v) is 7.88. The number of amides is 1. The van der Waals surface area contributed by atoms with Gasteiger partial charge in [-0.05, 0) is 61.1 Å². The number of phenolic OH excluding ortho intramolecular Hbond substituents is 2. The van der Waals surface area contributed by atoms with Crippen molar-refractivity contribution >= 4 is 17.4 Å². The van der Waals surface area contributed by atoms with Gasteiger partial charge in [-0.25, -0.2) is 0 Å². The van der Waals surface area contributed by atoms with Gasteiger partial charge in [0.15, 0.2) is 11.5 Å². The lowest BCUT2D eigenvalue weighted by Crippen LogP contribution is -2.24. The fraction of sp³-hybridized carbons (Fsp3) is 0.417. The van der Waals surface area contributed by atoms with Crippen LogP contribution >= 0.6 is 0 Å². The summed E-state index contributed by atoms with van der Waals surface area (Å²) >= 11 is 0. The van der Waals surface area contributed by atoms with Crippen LogP contribution in [-0.4, -0.2) is 21.9 Å². The molecule has 3 N–H and O–H groups in total. The van der Waals surface area contributed by atoms with Crippen molar-refractivity contribution in [3.63, 3.8) is 0 Å². The summed E-state index contributed by atoms with van der Waals surface area (Å²) in [4.78, 5) is 24.5. The van der Waals surface area contributed by atoms with Crippen molar-refractivity contribution in [2.24, 2.45) is 5.92 Å². The molecule has 1 aliphatic carbocycles. The van der Waals surface area contributed by atoms with Crippen LogP contribution < -0.4 is 5.32 Å². The summed E-state index contributed by atoms with van der Waals surface area (Å²) in [5, 5.41) is 21.8. The van der Waals surface area contributed by atoms with Gasteiger partial charge in [0.1, 0.15) is 5.78 Å². The zero-order valence-corrected chi connectivity index (χ0v) is 16.7. The zero-order chi connectivity index (χ0) is 20.6. The second kappa shape index (κ2) is 10.1. The first-order chi connectivity index (χ1) is 14.0. The Morgan fingerprint density at radius 3 is 2.10 bits per heavy atom. The maximum Gasteiger partial charge on any atom is 0.227 e. The van der Waals surface area contributed by atoms with Crippen molar-refractivity contribution in [3.05, 3.63) is 53.6 Å². The van der Waals surface area contributed by atoms with Crippen LogP contribution in [0.4, 0.5) is 5.69 Å². The van der Waals surface area contributed by atoms with Crippen molar-refractivity contribution in [2.75, 3.05) is 5.32 Å². The summed E-state index contributed by atoms with van der Waals surface area (Å²) < 4.78 is 0. The molecule has 0 radical (unpaired) electrons. The molecule has 2 aromatic rings. The highest BCUT2D eigenvalue weighted by molar-refractivity contribution is 5.92. The third-order valence-electron chi connectivity index (χ3n) is 5.62. The van der Waals surface area contributed by atoms with Gasteiger partial charge in [-0.2, -0.15) is 0 Å². The maximum absolute atomic E-state index is 12.3. The van der Waals surface area contributed by atoms with Crippen molar-refractivity contribution in [1.82, 2.24) is 0 Å². The smallest absolute Gasteiger partial charge is 0.227 e. The molecule has 1 fully saturated rings. The minimum Gasteiger partial charge on any atom is -0.504 e. The Balaban J connectivity index is 1.41. The average Bonchev–Trinajstić information content (AvgIpc) is 2.74. The van der Waals surface area contributed by atoms with Crippen LogP contribution in [0.3, 0.4) is 0 Å². The SMILES string of the molecule is O=C(CCc1ccc(NC(=O)C2CCCCC2)cc1)CCc1ccc(O)c(O)c1. The predicted molar refractivity (Wildman–Crippen MR) is 113 cm³/mol. The lowest BCUT2D eigenvalue weighted by atomic mass is 9.88. The normalized spacial score (nSPS) is 14.5. The van der Waals surface area contributed by atoms with E-state index < -0.39 is 0 Å². The highest BCUT2D eigenvalue weighted by atomic mass is 16.3. The van der Waals surface area contributed by atoms with E-state index in [1.807, 2.05) is 24.3 Å². The topological polar surface area (TPSA) is 86.6 Å². The molecule has 1 aliphatic rings. The highest BCUT2D eigenvalue weighted by Gasteiger charge is 2.20. The number of benzene rings is 2. The zero-order valence-electron chi connectivity index (χ0n) is 16.7. The first kappa shape index (κ1) is 20.9. The molecular weight excluding hydrogens is 366 g/mol. The number of phenols is 2. The molecule has 0 saturated heterocycles. The number of Topliss-reactive ketones (excluding diaryl/α,β-unsaturated/α-hetero) is 1. The molecule has 0 aliphatic heterocycles. The number of carbonyl (C=O) groups excluding carboxylic acids is 2. The minimum absolute atomic E-state index is 0.118. The number of hydrogen-bond donors (Lipinski definition) is 3. The molecule has 0 heterocycles. The number of nitrogens with one attached hydrogen (secondary N) is 1. The van der Waals surface area contributed by atoms with Crippen LogP contribution in [0.15, 0.2) is 42.5 Å². The van der Waals surface area contributed by atoms with Crippen molar-refractivity contribution in [3.8, 4) is 11.5 Å². The molecule has 0 aromatic heterocycles. The van der Waals surface area contributed by atoms with Crippen LogP contribution in [-0.2, 0) is 22.4 Å². The number of hydrogen-bond acceptors (Lipinski definition) is 4. The van der Waals surface area contributed by atoms with Gasteiger partial charge in [0.05, 0.1) is 0 Å². The fourth-order valence-corrected chi connectivity index (χ4v) is 3.78. The van der Waals surface area contributed by atoms with Gasteiger partial charge in [-0.1, -0.05) is 37.5 Å². The van der Waals surface area contributed by atoms with Gasteiger partial charge in [0.2, 0.25) is 5.91 Å². The fourth-order valence-electron chi connectivity index (χ4n) is 3.78. The molecule has 5 nitrogen and oxygen atoms in total. The molecule has 1 amide bonds. The highest BCUT2D eigenvalue weighted by Crippen LogP contribution is 2.26. The molecule has 1 saturated carbocycles. The Labute approximate surface area is 171 Å². The van der Waals surface area contributed by atoms with Crippen LogP contribution in [0.2, 0.25) is 0 Å². The summed E-state index contributed by atoms with van der Waals surface area (Å²) in [7, 11) is 0. The van der Waals surface area contributed by atoms with Crippen LogP contribution in [0, 0.1) is 5.92 Å². The molecule has 0 atom stereocenters. The number of anilines is 1. The van der Waals surface area contributed by atoms with E-state index in [-0.39, 0.29) is 29.1 Å². The quantitative estimate of drug-likeness (QED) is 0.563. The van der Waals surface area contributed by atoms with Gasteiger partial charge < -0.3 is 15.5 Å². The molecule has 0 bridgehead atoms. The van der Waals surface area contributed by atoms with Gasteiger partial charge in [0, 0.05) is 24.4 Å². The van der Waals surface area contributed by atoms with Gasteiger partial charge in [0.25, 0.3) is 0 Å². The Bertz CT molecular complexity index is 838. The lowest BCUT2D eigenvalue weighted by molar-refractivity contribution is -0.121. The predicted octanol–water partition coefficient (Wildman–Crippen LogP) is 4.75. The molecule has 29 heavy (non-hydrogen) atoms. The van der Waals surface area contributed by atoms with Crippen molar-refractivity contribution in [2.45, 2.75) is 57.8 Å². The van der Waals surface area contributed by atoms with Crippen LogP contribution in [0.1, 0.15) is 56.1 Å². The molecule has 0 unspecified atom stereocenters. The molecule has 2 aromatic carbocycles. The maximum atomic E-state index is 12.3. The largest absolute Gasteiger partial charge is 0.504 e. The Kier molecular flexibility index (Phi) is 7.28. The minimum atomic E-state index is -0.161. The first-order valence-corrected chi connectivity index (χ1v) is 10.4. The summed E-state index contributed by atoms with van der Waals surface area (Å²) in [5.74, 6) is 0.0979. The molecular formula is C24H29NO4. The number of ketones is 1. The Morgan fingerprint density at radius 1 is 0.828 bits per heavy atom. The molecule has 0 spiro atoms. The van der Waals surface area contributed by atoms with Crippen molar-refractivity contribution < 1.29 is 19.8 Å². The van der Waals surface area contributed by atoms with Gasteiger partial charge in [-0.15, -0.1) is 0 Å². The summed E-state index contributed by atoms with van der Waals surface area (Å²) in [6, 6.07) is 12.4. The number of carbonyl (C=O) groups is 2. The lowest BCUT2D eigenvalue weighted by Gasteiger charge is -2.20. The van der Waals surface area contributed by atoms with Crippen LogP contribution in [0.5, 0.6) is 11.5 Å². The molecule has 154 valence electrons. The standard InChI is InChI=1S/C24H29NO4/c26-21(14-9-18-10-15-22(27)23(28)16-18)13-8-17-6-11-20(12-7-17)25-24(29)19-4-2-1-3-5-19/h6-7,10-12,15-16,19,27-28H,1-5,8-9,13-14H2,(H,25,29). The van der Waals surface area contributed by atoms with Gasteiger partial charge >= 0.3 is 0 Å². The third kappa shape index (κ3) is 6.34. The summed E-state index contributed by atoms with van der Waals surface area (Å²) in [5.41, 5.74) is 2.70. The second-order valence-electron chi connectivity index (χ2n) is 7.88. The molecule has 5 heteroatoms. The Morgan fingerprint density at radius 2 is 1.45 bits per heavy atom. The van der Waals surface area contributed by atoms with E-state index in [1.165, 1.54) is 18.6 Å². The first-order valence-electron chi connectivity index (χ1n) is 10.4. The molecule has 3 rings (SSSR count). The van der Waals surface area contributed by atoms with E-state index in [0.717, 1.165) is 42.5 Å². The van der Waals surface area contributed by atoms with E-state index in [2.05, 4.69) is 5.32 Å². The average molecular weight is 395 g/mol. The third-order valence-corrected chi connectivity index (χ3v) is 5.62. The monoisotopic (exact) mass is 395 g/mol. The van der Waals surface area contributed by atoms with E-state index >= 15 is 0 Å². The van der Waals surface area contributed by atoms with E-state index in [0.29, 0.717) is 25.7 Å². The van der Waals surface area contributed by atoms with Crippen LogP contribution in [0.25, 0.3) is 0 Å². The van der Waals surface area contributed by atoms with Gasteiger partial charge in [-0.3, -0.25) is 9.59 Å². The summed E-state index contributed by atoms with van der Waals surface area (Å²) in [6.45, 7) is 0. The number of aryl methyl sites for hydroxylation is 2. The van der Waals surface area contributed by atoms with E-state index in [1.54, 1.807) is 6.07 Å². The number of aromatic hydroxyl groups is 2.